The number of hydrazone groups is 1. The van der Waals surface area contributed by atoms with E-state index in [4.69, 9.17) is 32.7 Å². The molecule has 0 aliphatic carbocycles. The molecule has 9 heteroatoms. The summed E-state index contributed by atoms with van der Waals surface area (Å²) in [6, 6.07) is 11.9. The van der Waals surface area contributed by atoms with Crippen LogP contribution in [0.15, 0.2) is 47.6 Å². The average Bonchev–Trinajstić information content (AvgIpc) is 2.67. The van der Waals surface area contributed by atoms with E-state index in [9.17, 15) is 9.59 Å². The van der Waals surface area contributed by atoms with Crippen LogP contribution in [-0.4, -0.2) is 24.8 Å². The van der Waals surface area contributed by atoms with Gasteiger partial charge >= 0.3 is 6.09 Å². The summed E-state index contributed by atoms with van der Waals surface area (Å²) in [6.45, 7) is 1.69. The highest BCUT2D eigenvalue weighted by Crippen LogP contribution is 2.25. The molecule has 7 nitrogen and oxygen atoms in total. The first-order valence-corrected chi connectivity index (χ1v) is 8.96. The maximum Gasteiger partial charge on any atom is 0.428 e. The molecule has 2 amide bonds. The van der Waals surface area contributed by atoms with Crippen LogP contribution in [0.3, 0.4) is 0 Å². The lowest BCUT2D eigenvalue weighted by molar-refractivity contribution is -0.115. The van der Waals surface area contributed by atoms with Crippen molar-refractivity contribution < 1.29 is 19.1 Å². The summed E-state index contributed by atoms with van der Waals surface area (Å²) in [4.78, 5) is 23.7. The molecule has 148 valence electrons. The monoisotopic (exact) mass is 423 g/mol. The number of hydrogen-bond acceptors (Lipinski definition) is 5. The van der Waals surface area contributed by atoms with Gasteiger partial charge in [0.05, 0.1) is 24.2 Å². The van der Waals surface area contributed by atoms with Gasteiger partial charge in [-0.1, -0.05) is 35.3 Å². The van der Waals surface area contributed by atoms with Gasteiger partial charge in [0, 0.05) is 10.7 Å². The lowest BCUT2D eigenvalue weighted by Crippen LogP contribution is -2.22. The Hall–Kier alpha value is -2.77. The first-order valence-electron chi connectivity index (χ1n) is 8.21. The summed E-state index contributed by atoms with van der Waals surface area (Å²) in [5.41, 5.74) is 3.88. The van der Waals surface area contributed by atoms with Gasteiger partial charge in [-0.2, -0.15) is 5.10 Å². The van der Waals surface area contributed by atoms with E-state index < -0.39 is 6.09 Å². The van der Waals surface area contributed by atoms with Crippen LogP contribution in [0.5, 0.6) is 5.75 Å². The Morgan fingerprint density at radius 1 is 1.11 bits per heavy atom. The van der Waals surface area contributed by atoms with Crippen molar-refractivity contribution >= 4 is 46.6 Å². The molecule has 0 heterocycles. The first kappa shape index (κ1) is 21.5. The summed E-state index contributed by atoms with van der Waals surface area (Å²) in [7, 11) is 1.57. The largest absolute Gasteiger partial charge is 0.497 e. The highest BCUT2D eigenvalue weighted by Gasteiger charge is 2.09. The molecule has 0 bridgehead atoms. The van der Waals surface area contributed by atoms with Crippen LogP contribution in [0.4, 0.5) is 10.5 Å². The number of nitrogens with zero attached hydrogens (tertiary/aromatic N) is 1. The fourth-order valence-electron chi connectivity index (χ4n) is 2.10. The molecular formula is C19H19Cl2N3O4. The van der Waals surface area contributed by atoms with Gasteiger partial charge in [-0.25, -0.2) is 10.2 Å². The van der Waals surface area contributed by atoms with Gasteiger partial charge in [0.2, 0.25) is 5.91 Å². The molecule has 2 rings (SSSR count). The molecule has 28 heavy (non-hydrogen) atoms. The van der Waals surface area contributed by atoms with Crippen LogP contribution in [0.1, 0.15) is 18.9 Å². The smallest absolute Gasteiger partial charge is 0.428 e. The average molecular weight is 424 g/mol. The Kier molecular flexibility index (Phi) is 8.10. The van der Waals surface area contributed by atoms with E-state index in [1.165, 1.54) is 6.07 Å². The number of methoxy groups -OCH3 is 1. The van der Waals surface area contributed by atoms with Gasteiger partial charge in [-0.15, -0.1) is 0 Å². The van der Waals surface area contributed by atoms with Gasteiger partial charge in [0.25, 0.3) is 0 Å². The van der Waals surface area contributed by atoms with E-state index in [0.29, 0.717) is 27.2 Å². The molecule has 2 N–H and O–H groups in total. The molecule has 0 aromatic heterocycles. The fraction of sp³-hybridized carbons (Fsp3) is 0.211. The fourth-order valence-corrected chi connectivity index (χ4v) is 2.56. The zero-order valence-corrected chi connectivity index (χ0v) is 16.8. The minimum atomic E-state index is -0.726. The predicted octanol–water partition coefficient (Wildman–Crippen LogP) is 4.63. The second-order valence-electron chi connectivity index (χ2n) is 5.73. The number of carbonyl (C=O) groups is 2. The maximum absolute atomic E-state index is 12.0. The molecule has 2 aromatic rings. The first-order chi connectivity index (χ1) is 13.4. The number of benzene rings is 2. The quantitative estimate of drug-likeness (QED) is 0.501. The number of carbonyl (C=O) groups excluding carboxylic acids is 2. The highest BCUT2D eigenvalue weighted by atomic mass is 35.5. The van der Waals surface area contributed by atoms with Crippen molar-refractivity contribution in [2.75, 3.05) is 12.4 Å². The normalized spacial score (nSPS) is 10.9. The van der Waals surface area contributed by atoms with Gasteiger partial charge < -0.3 is 14.8 Å². The molecule has 0 unspecified atom stereocenters. The van der Waals surface area contributed by atoms with Crippen LogP contribution in [0, 0.1) is 0 Å². The van der Waals surface area contributed by atoms with Crippen molar-refractivity contribution in [2.24, 2.45) is 5.10 Å². The van der Waals surface area contributed by atoms with Crippen molar-refractivity contribution in [2.45, 2.75) is 20.0 Å². The lowest BCUT2D eigenvalue weighted by atomic mass is 10.2. The zero-order valence-electron chi connectivity index (χ0n) is 15.3. The Bertz CT molecular complexity index is 870. The number of nitrogens with one attached hydrogen (secondary N) is 2. The lowest BCUT2D eigenvalue weighted by Gasteiger charge is -2.08. The van der Waals surface area contributed by atoms with Crippen LogP contribution in [0.25, 0.3) is 0 Å². The topological polar surface area (TPSA) is 89.0 Å². The third-order valence-electron chi connectivity index (χ3n) is 3.49. The van der Waals surface area contributed by atoms with E-state index in [0.717, 1.165) is 5.56 Å². The highest BCUT2D eigenvalue weighted by molar-refractivity contribution is 6.36. The summed E-state index contributed by atoms with van der Waals surface area (Å²) >= 11 is 11.8. The van der Waals surface area contributed by atoms with E-state index in [1.54, 1.807) is 50.4 Å². The number of amides is 2. The third kappa shape index (κ3) is 7.09. The van der Waals surface area contributed by atoms with Crippen molar-refractivity contribution in [1.29, 1.82) is 0 Å². The molecule has 2 aromatic carbocycles. The van der Waals surface area contributed by atoms with E-state index in [2.05, 4.69) is 15.8 Å². The van der Waals surface area contributed by atoms with Crippen LogP contribution >= 0.6 is 23.2 Å². The van der Waals surface area contributed by atoms with Gasteiger partial charge in [-0.05, 0) is 42.8 Å². The molecule has 0 fully saturated rings. The number of ether oxygens (including phenoxy) is 2. The SMILES string of the molecule is COc1ccc(COC(=O)N/N=C(\C)CC(=O)Nc2ccc(Cl)cc2Cl)cc1. The van der Waals surface area contributed by atoms with Crippen molar-refractivity contribution in [1.82, 2.24) is 5.43 Å². The Labute approximate surface area is 172 Å². The molecule has 0 saturated heterocycles. The standard InChI is InChI=1S/C19H19Cl2N3O4/c1-12(9-18(25)22-17-8-5-14(20)10-16(17)21)23-24-19(26)28-11-13-3-6-15(27-2)7-4-13/h3-8,10H,9,11H2,1-2H3,(H,22,25)(H,24,26)/b23-12+. The van der Waals surface area contributed by atoms with E-state index >= 15 is 0 Å². The molecule has 0 atom stereocenters. The number of anilines is 1. The Morgan fingerprint density at radius 2 is 1.82 bits per heavy atom. The van der Waals surface area contributed by atoms with E-state index in [-0.39, 0.29) is 18.9 Å². The molecule has 0 saturated carbocycles. The van der Waals surface area contributed by atoms with Gasteiger partial charge in [0.1, 0.15) is 12.4 Å². The number of rotatable bonds is 7. The number of hydrogen-bond donors (Lipinski definition) is 2. The van der Waals surface area contributed by atoms with Crippen LogP contribution < -0.4 is 15.5 Å². The van der Waals surface area contributed by atoms with Gasteiger partial charge in [0.15, 0.2) is 0 Å². The Morgan fingerprint density at radius 3 is 2.46 bits per heavy atom. The summed E-state index contributed by atoms with van der Waals surface area (Å²) in [5.74, 6) is 0.380. The van der Waals surface area contributed by atoms with Crippen molar-refractivity contribution in [3.05, 3.63) is 58.1 Å². The van der Waals surface area contributed by atoms with Crippen LogP contribution in [-0.2, 0) is 16.1 Å². The van der Waals surface area contributed by atoms with Gasteiger partial charge in [-0.3, -0.25) is 4.79 Å². The predicted molar refractivity (Wildman–Crippen MR) is 109 cm³/mol. The maximum atomic E-state index is 12.0. The molecule has 0 aliphatic heterocycles. The summed E-state index contributed by atoms with van der Waals surface area (Å²) in [5, 5.41) is 7.29. The second-order valence-corrected chi connectivity index (χ2v) is 6.58. The molecular weight excluding hydrogens is 405 g/mol. The Balaban J connectivity index is 1.77. The summed E-state index contributed by atoms with van der Waals surface area (Å²) < 4.78 is 10.1. The number of halogens is 2. The molecule has 0 aliphatic rings. The second kappa shape index (κ2) is 10.5. The zero-order chi connectivity index (χ0) is 20.5. The summed E-state index contributed by atoms with van der Waals surface area (Å²) in [6.07, 6.45) is -0.756. The molecule has 0 radical (unpaired) electrons. The van der Waals surface area contributed by atoms with E-state index in [1.807, 2.05) is 0 Å². The van der Waals surface area contributed by atoms with Crippen molar-refractivity contribution in [3.8, 4) is 5.75 Å². The van der Waals surface area contributed by atoms with Crippen molar-refractivity contribution in [3.63, 3.8) is 0 Å². The molecule has 0 spiro atoms. The minimum absolute atomic E-state index is 0.0300. The minimum Gasteiger partial charge on any atom is -0.497 e. The third-order valence-corrected chi connectivity index (χ3v) is 4.04. The van der Waals surface area contributed by atoms with Crippen LogP contribution in [0.2, 0.25) is 10.0 Å².